The summed E-state index contributed by atoms with van der Waals surface area (Å²) in [7, 11) is 0. The highest BCUT2D eigenvalue weighted by atomic mass is 16.5. The van der Waals surface area contributed by atoms with Crippen LogP contribution in [0, 0.1) is 0 Å². The van der Waals surface area contributed by atoms with Crippen molar-refractivity contribution in [3.63, 3.8) is 0 Å². The number of aromatic nitrogens is 1. The van der Waals surface area contributed by atoms with E-state index in [2.05, 4.69) is 4.98 Å². The van der Waals surface area contributed by atoms with Crippen molar-refractivity contribution >= 4 is 16.9 Å². The number of fused-ring (bicyclic) bond motifs is 1. The van der Waals surface area contributed by atoms with Gasteiger partial charge in [-0.15, -0.1) is 0 Å². The van der Waals surface area contributed by atoms with Crippen molar-refractivity contribution in [3.8, 4) is 0 Å². The molecule has 0 saturated carbocycles. The Morgan fingerprint density at radius 3 is 2.76 bits per heavy atom. The third-order valence-corrected chi connectivity index (χ3v) is 2.65. The number of rotatable bonds is 3. The van der Waals surface area contributed by atoms with Gasteiger partial charge in [-0.3, -0.25) is 0 Å². The maximum atomic E-state index is 11.8. The Morgan fingerprint density at radius 1 is 1.29 bits per heavy atom. The first-order chi connectivity index (χ1) is 8.26. The lowest BCUT2D eigenvalue weighted by Gasteiger charge is -2.08. The quantitative estimate of drug-likeness (QED) is 0.759. The Balaban J connectivity index is 2.56. The fourth-order valence-electron chi connectivity index (χ4n) is 1.81. The normalized spacial score (nSPS) is 10.5. The van der Waals surface area contributed by atoms with Crippen LogP contribution in [0.1, 0.15) is 29.9 Å². The number of aryl methyl sites for hydroxylation is 1. The lowest BCUT2D eigenvalue weighted by atomic mass is 10.1. The van der Waals surface area contributed by atoms with Gasteiger partial charge in [0.2, 0.25) is 0 Å². The molecule has 0 radical (unpaired) electrons. The first-order valence-electron chi connectivity index (χ1n) is 5.82. The highest BCUT2D eigenvalue weighted by molar-refractivity contribution is 5.92. The van der Waals surface area contributed by atoms with Crippen molar-refractivity contribution in [1.29, 1.82) is 0 Å². The Hall–Kier alpha value is -1.90. The molecule has 0 atom stereocenters. The molecule has 1 aromatic heterocycles. The molecular weight excluding hydrogens is 214 g/mol. The second kappa shape index (κ2) is 4.95. The second-order valence-electron chi connectivity index (χ2n) is 3.76. The molecule has 2 rings (SSSR count). The van der Waals surface area contributed by atoms with E-state index < -0.39 is 0 Å². The molecule has 0 amide bonds. The molecule has 0 unspecified atom stereocenters. The molecular formula is C14H15NO2. The van der Waals surface area contributed by atoms with Crippen LogP contribution in [0.4, 0.5) is 0 Å². The number of ether oxygens (including phenoxy) is 1. The zero-order chi connectivity index (χ0) is 12.3. The number of nitrogens with zero attached hydrogens (tertiary/aromatic N) is 1. The zero-order valence-corrected chi connectivity index (χ0v) is 10.1. The molecule has 0 aliphatic carbocycles. The standard InChI is InChI=1S/C14H15NO2/c1-3-10-9-11-7-5-6-8-12(11)15-13(10)14(16)17-4-2/h5-9H,3-4H2,1-2H3. The third-order valence-electron chi connectivity index (χ3n) is 2.65. The molecule has 3 nitrogen and oxygen atoms in total. The van der Waals surface area contributed by atoms with Gasteiger partial charge in [-0.05, 0) is 31.0 Å². The molecule has 88 valence electrons. The van der Waals surface area contributed by atoms with Crippen LogP contribution in [-0.2, 0) is 11.2 Å². The van der Waals surface area contributed by atoms with Crippen molar-refractivity contribution < 1.29 is 9.53 Å². The predicted molar refractivity (Wildman–Crippen MR) is 67.1 cm³/mol. The summed E-state index contributed by atoms with van der Waals surface area (Å²) in [6.07, 6.45) is 0.770. The fraction of sp³-hybridized carbons (Fsp3) is 0.286. The SMILES string of the molecule is CCOC(=O)c1nc2ccccc2cc1CC. The number of hydrogen-bond donors (Lipinski definition) is 0. The van der Waals surface area contributed by atoms with Crippen LogP contribution >= 0.6 is 0 Å². The Kier molecular flexibility index (Phi) is 3.38. The largest absolute Gasteiger partial charge is 0.461 e. The summed E-state index contributed by atoms with van der Waals surface area (Å²) in [5.41, 5.74) is 2.20. The van der Waals surface area contributed by atoms with E-state index in [-0.39, 0.29) is 5.97 Å². The number of pyridine rings is 1. The minimum absolute atomic E-state index is 0.338. The third kappa shape index (κ3) is 2.28. The van der Waals surface area contributed by atoms with Gasteiger partial charge in [-0.2, -0.15) is 0 Å². The van der Waals surface area contributed by atoms with Crippen LogP contribution in [0.5, 0.6) is 0 Å². The first-order valence-corrected chi connectivity index (χ1v) is 5.82. The molecule has 0 N–H and O–H groups in total. The lowest BCUT2D eigenvalue weighted by molar-refractivity contribution is 0.0518. The number of carbonyl (C=O) groups is 1. The maximum absolute atomic E-state index is 11.8. The molecule has 0 aliphatic heterocycles. The van der Waals surface area contributed by atoms with E-state index in [0.29, 0.717) is 12.3 Å². The van der Waals surface area contributed by atoms with Crippen molar-refractivity contribution in [2.45, 2.75) is 20.3 Å². The van der Waals surface area contributed by atoms with E-state index in [1.54, 1.807) is 6.92 Å². The monoisotopic (exact) mass is 229 g/mol. The topological polar surface area (TPSA) is 39.2 Å². The van der Waals surface area contributed by atoms with E-state index >= 15 is 0 Å². The number of benzene rings is 1. The number of para-hydroxylation sites is 1. The molecule has 0 aliphatic rings. The maximum Gasteiger partial charge on any atom is 0.357 e. The van der Waals surface area contributed by atoms with E-state index in [1.165, 1.54) is 0 Å². The van der Waals surface area contributed by atoms with Gasteiger partial charge >= 0.3 is 5.97 Å². The zero-order valence-electron chi connectivity index (χ0n) is 10.1. The first kappa shape index (κ1) is 11.6. The molecule has 2 aromatic rings. The van der Waals surface area contributed by atoms with Crippen molar-refractivity contribution in [2.75, 3.05) is 6.61 Å². The highest BCUT2D eigenvalue weighted by Crippen LogP contribution is 2.17. The fourth-order valence-corrected chi connectivity index (χ4v) is 1.81. The van der Waals surface area contributed by atoms with Crippen molar-refractivity contribution in [3.05, 3.63) is 41.6 Å². The highest BCUT2D eigenvalue weighted by Gasteiger charge is 2.14. The van der Waals surface area contributed by atoms with Crippen LogP contribution in [0.3, 0.4) is 0 Å². The molecule has 1 aromatic carbocycles. The Labute approximate surface area is 100 Å². The van der Waals surface area contributed by atoms with Gasteiger partial charge in [-0.1, -0.05) is 25.1 Å². The average Bonchev–Trinajstić information content (AvgIpc) is 2.37. The predicted octanol–water partition coefficient (Wildman–Crippen LogP) is 2.97. The minimum Gasteiger partial charge on any atom is -0.461 e. The van der Waals surface area contributed by atoms with Gasteiger partial charge in [0, 0.05) is 5.39 Å². The summed E-state index contributed by atoms with van der Waals surface area (Å²) in [5.74, 6) is -0.338. The van der Waals surface area contributed by atoms with Gasteiger partial charge in [0.1, 0.15) is 0 Å². The van der Waals surface area contributed by atoms with Crippen LogP contribution in [0.2, 0.25) is 0 Å². The summed E-state index contributed by atoms with van der Waals surface area (Å²) in [4.78, 5) is 16.2. The van der Waals surface area contributed by atoms with Crippen LogP contribution in [0.25, 0.3) is 10.9 Å². The molecule has 3 heteroatoms. The molecule has 17 heavy (non-hydrogen) atoms. The Bertz CT molecular complexity index is 549. The van der Waals surface area contributed by atoms with Crippen molar-refractivity contribution in [1.82, 2.24) is 4.98 Å². The van der Waals surface area contributed by atoms with Gasteiger partial charge in [0.15, 0.2) is 5.69 Å². The van der Waals surface area contributed by atoms with Gasteiger partial charge in [-0.25, -0.2) is 9.78 Å². The van der Waals surface area contributed by atoms with Crippen LogP contribution < -0.4 is 0 Å². The average molecular weight is 229 g/mol. The number of hydrogen-bond acceptors (Lipinski definition) is 3. The smallest absolute Gasteiger partial charge is 0.357 e. The van der Waals surface area contributed by atoms with Gasteiger partial charge in [0.25, 0.3) is 0 Å². The summed E-state index contributed by atoms with van der Waals surface area (Å²) < 4.78 is 5.02. The van der Waals surface area contributed by atoms with Gasteiger partial charge < -0.3 is 4.74 Å². The second-order valence-corrected chi connectivity index (χ2v) is 3.76. The minimum atomic E-state index is -0.338. The van der Waals surface area contributed by atoms with Gasteiger partial charge in [0.05, 0.1) is 12.1 Å². The number of esters is 1. The van der Waals surface area contributed by atoms with Crippen LogP contribution in [0.15, 0.2) is 30.3 Å². The summed E-state index contributed by atoms with van der Waals surface area (Å²) in [5, 5.41) is 1.05. The molecule has 0 bridgehead atoms. The summed E-state index contributed by atoms with van der Waals surface area (Å²) >= 11 is 0. The molecule has 0 saturated heterocycles. The van der Waals surface area contributed by atoms with E-state index in [4.69, 9.17) is 4.74 Å². The van der Waals surface area contributed by atoms with E-state index in [9.17, 15) is 4.79 Å². The Morgan fingerprint density at radius 2 is 2.06 bits per heavy atom. The van der Waals surface area contributed by atoms with E-state index in [1.807, 2.05) is 37.3 Å². The van der Waals surface area contributed by atoms with E-state index in [0.717, 1.165) is 22.9 Å². The van der Waals surface area contributed by atoms with Crippen molar-refractivity contribution in [2.24, 2.45) is 0 Å². The number of carbonyl (C=O) groups excluding carboxylic acids is 1. The molecule has 0 spiro atoms. The van der Waals surface area contributed by atoms with Crippen LogP contribution in [-0.4, -0.2) is 17.6 Å². The summed E-state index contributed by atoms with van der Waals surface area (Å²) in [6, 6.07) is 9.78. The molecule has 0 fully saturated rings. The lowest BCUT2D eigenvalue weighted by Crippen LogP contribution is -2.10. The summed E-state index contributed by atoms with van der Waals surface area (Å²) in [6.45, 7) is 4.18. The molecule has 1 heterocycles.